The lowest BCUT2D eigenvalue weighted by atomic mass is 9.77. The molecule has 1 spiro atoms. The quantitative estimate of drug-likeness (QED) is 0.607. The van der Waals surface area contributed by atoms with Crippen LogP contribution in [-0.4, -0.2) is 89.7 Å². The molecular weight excluding hydrogens is 404 g/mol. The Bertz CT molecular complexity index is 998. The van der Waals surface area contributed by atoms with Gasteiger partial charge in [-0.3, -0.25) is 4.79 Å². The number of aliphatic hydroxyl groups excluding tert-OH is 1. The number of rotatable bonds is 5. The molecule has 2 fully saturated rings. The van der Waals surface area contributed by atoms with E-state index in [-0.39, 0.29) is 23.9 Å². The molecule has 0 saturated carbocycles. The number of aromatic nitrogens is 6. The maximum absolute atomic E-state index is 13.1. The molecule has 162 valence electrons. The molecule has 0 radical (unpaired) electrons. The Morgan fingerprint density at radius 1 is 1.13 bits per heavy atom. The van der Waals surface area contributed by atoms with Crippen LogP contribution in [0.25, 0.3) is 5.95 Å². The van der Waals surface area contributed by atoms with Crippen LogP contribution in [0.3, 0.4) is 0 Å². The van der Waals surface area contributed by atoms with Crippen LogP contribution in [0, 0.1) is 5.41 Å². The lowest BCUT2D eigenvalue weighted by molar-refractivity contribution is -0.138. The number of carbonyl (C=O) groups is 2. The summed E-state index contributed by atoms with van der Waals surface area (Å²) in [7, 11) is 0. The molecule has 1 amide bonds. The van der Waals surface area contributed by atoms with Crippen LogP contribution in [0.1, 0.15) is 30.9 Å². The number of amides is 1. The summed E-state index contributed by atoms with van der Waals surface area (Å²) in [4.78, 5) is 36.7. The number of tetrazole rings is 1. The SMILES string of the molecule is O=C1C=C(N2CCC3(CCN(C[C@H](O)c4cnc(-n5cnnn5)nc4)CC3)C2=O)CO1. The highest BCUT2D eigenvalue weighted by atomic mass is 16.5. The van der Waals surface area contributed by atoms with E-state index in [2.05, 4.69) is 30.4 Å². The van der Waals surface area contributed by atoms with Crippen molar-refractivity contribution in [1.29, 1.82) is 0 Å². The molecule has 0 unspecified atom stereocenters. The standard InChI is InChI=1S/C19H22N8O4/c28-15(13-8-20-18(21-9-13)27-12-22-23-24-27)10-25-4-1-19(2-5-25)3-6-26(17(19)30)14-7-16(29)31-11-14/h7-9,12,15,28H,1-6,10-11H2/t15-/m0/s1. The van der Waals surface area contributed by atoms with Gasteiger partial charge in [0, 0.05) is 37.1 Å². The third-order valence-corrected chi connectivity index (χ3v) is 6.35. The summed E-state index contributed by atoms with van der Waals surface area (Å²) in [5, 5.41) is 21.4. The Labute approximate surface area is 177 Å². The fourth-order valence-corrected chi connectivity index (χ4v) is 4.47. The van der Waals surface area contributed by atoms with Gasteiger partial charge < -0.3 is 19.6 Å². The molecule has 31 heavy (non-hydrogen) atoms. The van der Waals surface area contributed by atoms with Crippen LogP contribution in [0.5, 0.6) is 0 Å². The number of nitrogens with zero attached hydrogens (tertiary/aromatic N) is 8. The first-order valence-corrected chi connectivity index (χ1v) is 10.2. The van der Waals surface area contributed by atoms with Crippen molar-refractivity contribution in [2.45, 2.75) is 25.4 Å². The van der Waals surface area contributed by atoms with Crippen LogP contribution in [0.4, 0.5) is 0 Å². The van der Waals surface area contributed by atoms with E-state index < -0.39 is 6.10 Å². The minimum Gasteiger partial charge on any atom is -0.456 e. The van der Waals surface area contributed by atoms with Crippen molar-refractivity contribution in [1.82, 2.24) is 40.0 Å². The molecule has 12 nitrogen and oxygen atoms in total. The topological polar surface area (TPSA) is 139 Å². The summed E-state index contributed by atoms with van der Waals surface area (Å²) in [5.41, 5.74) is 0.887. The van der Waals surface area contributed by atoms with Crippen LogP contribution in [-0.2, 0) is 14.3 Å². The highest BCUT2D eigenvalue weighted by Gasteiger charge is 2.49. The Morgan fingerprint density at radius 2 is 1.87 bits per heavy atom. The number of cyclic esters (lactones) is 1. The molecule has 3 aliphatic heterocycles. The maximum atomic E-state index is 13.1. The summed E-state index contributed by atoms with van der Waals surface area (Å²) in [6.07, 6.45) is 7.44. The van der Waals surface area contributed by atoms with Crippen LogP contribution in [0.2, 0.25) is 0 Å². The van der Waals surface area contributed by atoms with Crippen LogP contribution < -0.4 is 0 Å². The monoisotopic (exact) mass is 426 g/mol. The zero-order valence-electron chi connectivity index (χ0n) is 16.8. The molecule has 5 rings (SSSR count). The Balaban J connectivity index is 1.17. The third kappa shape index (κ3) is 3.68. The van der Waals surface area contributed by atoms with Crippen molar-refractivity contribution < 1.29 is 19.4 Å². The maximum Gasteiger partial charge on any atom is 0.333 e. The molecule has 2 aromatic rings. The predicted octanol–water partition coefficient (Wildman–Crippen LogP) is -0.759. The highest BCUT2D eigenvalue weighted by Crippen LogP contribution is 2.43. The van der Waals surface area contributed by atoms with Gasteiger partial charge in [0.1, 0.15) is 12.9 Å². The second kappa shape index (κ2) is 7.78. The molecule has 0 bridgehead atoms. The minimum absolute atomic E-state index is 0.0869. The van der Waals surface area contributed by atoms with Gasteiger partial charge in [0.05, 0.1) is 17.2 Å². The van der Waals surface area contributed by atoms with Gasteiger partial charge in [-0.25, -0.2) is 14.8 Å². The molecule has 0 aromatic carbocycles. The fourth-order valence-electron chi connectivity index (χ4n) is 4.47. The molecule has 2 saturated heterocycles. The summed E-state index contributed by atoms with van der Waals surface area (Å²) in [5.74, 6) is 0.0287. The number of carbonyl (C=O) groups excluding carboxylic acids is 2. The van der Waals surface area contributed by atoms with E-state index in [1.54, 1.807) is 17.3 Å². The zero-order chi connectivity index (χ0) is 21.4. The first-order chi connectivity index (χ1) is 15.0. The van der Waals surface area contributed by atoms with E-state index in [0.29, 0.717) is 43.4 Å². The first-order valence-electron chi connectivity index (χ1n) is 10.2. The molecule has 1 atom stereocenters. The Kier molecular flexibility index (Phi) is 4.94. The number of esters is 1. The van der Waals surface area contributed by atoms with E-state index in [1.165, 1.54) is 17.1 Å². The highest BCUT2D eigenvalue weighted by molar-refractivity contribution is 5.90. The molecule has 3 aliphatic rings. The number of aliphatic hydroxyl groups is 1. The smallest absolute Gasteiger partial charge is 0.333 e. The van der Waals surface area contributed by atoms with Crippen molar-refractivity contribution in [3.63, 3.8) is 0 Å². The average molecular weight is 426 g/mol. The van der Waals surface area contributed by atoms with Crippen molar-refractivity contribution in [2.75, 3.05) is 32.8 Å². The molecule has 1 N–H and O–H groups in total. The minimum atomic E-state index is -0.737. The number of piperidine rings is 1. The number of β-amino-alcohol motifs (C(OH)–C–C–N with tert-alkyl or cyclic N) is 1. The van der Waals surface area contributed by atoms with Gasteiger partial charge in [-0.05, 0) is 42.8 Å². The molecule has 12 heteroatoms. The normalized spacial score (nSPS) is 22.1. The van der Waals surface area contributed by atoms with E-state index >= 15 is 0 Å². The van der Waals surface area contributed by atoms with Crippen LogP contribution >= 0.6 is 0 Å². The lowest BCUT2D eigenvalue weighted by Crippen LogP contribution is -2.45. The average Bonchev–Trinajstić information content (AvgIpc) is 3.53. The number of hydrogen-bond acceptors (Lipinski definition) is 10. The van der Waals surface area contributed by atoms with Gasteiger partial charge in [0.25, 0.3) is 5.95 Å². The van der Waals surface area contributed by atoms with E-state index in [0.717, 1.165) is 19.3 Å². The van der Waals surface area contributed by atoms with Gasteiger partial charge in [0.15, 0.2) is 0 Å². The molecule has 0 aliphatic carbocycles. The van der Waals surface area contributed by atoms with Crippen molar-refractivity contribution in [3.8, 4) is 5.95 Å². The van der Waals surface area contributed by atoms with Crippen molar-refractivity contribution in [2.24, 2.45) is 5.41 Å². The second-order valence-corrected chi connectivity index (χ2v) is 8.12. The summed E-state index contributed by atoms with van der Waals surface area (Å²) in [6.45, 7) is 2.67. The summed E-state index contributed by atoms with van der Waals surface area (Å²) >= 11 is 0. The van der Waals surface area contributed by atoms with Gasteiger partial charge in [-0.2, -0.15) is 4.68 Å². The number of ether oxygens (including phenoxy) is 1. The summed E-state index contributed by atoms with van der Waals surface area (Å²) in [6, 6.07) is 0. The predicted molar refractivity (Wildman–Crippen MR) is 103 cm³/mol. The summed E-state index contributed by atoms with van der Waals surface area (Å²) < 4.78 is 6.29. The third-order valence-electron chi connectivity index (χ3n) is 6.35. The lowest BCUT2D eigenvalue weighted by Gasteiger charge is -2.38. The molecular formula is C19H22N8O4. The Hall–Kier alpha value is -3.25. The molecule has 2 aromatic heterocycles. The van der Waals surface area contributed by atoms with Crippen LogP contribution in [0.15, 0.2) is 30.5 Å². The van der Waals surface area contributed by atoms with E-state index in [1.807, 2.05) is 0 Å². The van der Waals surface area contributed by atoms with Gasteiger partial charge in [-0.15, -0.1) is 5.10 Å². The fraction of sp³-hybridized carbons (Fsp3) is 0.526. The Morgan fingerprint density at radius 3 is 2.52 bits per heavy atom. The van der Waals surface area contributed by atoms with E-state index in [4.69, 9.17) is 4.74 Å². The number of hydrogen-bond donors (Lipinski definition) is 1. The van der Waals surface area contributed by atoms with E-state index in [9.17, 15) is 14.7 Å². The molecule has 5 heterocycles. The number of likely N-dealkylation sites (tertiary alicyclic amines) is 2. The second-order valence-electron chi connectivity index (χ2n) is 8.12. The van der Waals surface area contributed by atoms with Gasteiger partial charge in [-0.1, -0.05) is 0 Å². The van der Waals surface area contributed by atoms with Gasteiger partial charge in [0.2, 0.25) is 5.91 Å². The largest absolute Gasteiger partial charge is 0.456 e. The zero-order valence-corrected chi connectivity index (χ0v) is 16.8. The van der Waals surface area contributed by atoms with Crippen molar-refractivity contribution >= 4 is 11.9 Å². The van der Waals surface area contributed by atoms with Crippen molar-refractivity contribution in [3.05, 3.63) is 36.1 Å². The van der Waals surface area contributed by atoms with Gasteiger partial charge >= 0.3 is 5.97 Å². The first kappa shape index (κ1) is 19.7.